The molecule has 2 aromatic rings. The van der Waals surface area contributed by atoms with E-state index < -0.39 is 0 Å². The molecule has 0 bridgehead atoms. The molecular weight excluding hydrogens is 257 g/mol. The lowest BCUT2D eigenvalue weighted by atomic mass is 10.1. The van der Waals surface area contributed by atoms with Crippen LogP contribution in [0.2, 0.25) is 0 Å². The van der Waals surface area contributed by atoms with Gasteiger partial charge in [-0.25, -0.2) is 4.39 Å². The van der Waals surface area contributed by atoms with E-state index in [0.29, 0.717) is 17.3 Å². The predicted octanol–water partition coefficient (Wildman–Crippen LogP) is 1.72. The summed E-state index contributed by atoms with van der Waals surface area (Å²) in [5.41, 5.74) is 1.35. The molecule has 1 aromatic heterocycles. The lowest BCUT2D eigenvalue weighted by Gasteiger charge is -2.16. The molecule has 1 aliphatic heterocycles. The van der Waals surface area contributed by atoms with Crippen molar-refractivity contribution in [2.75, 3.05) is 31.1 Å². The third-order valence-electron chi connectivity index (χ3n) is 3.48. The van der Waals surface area contributed by atoms with E-state index in [4.69, 9.17) is 0 Å². The fourth-order valence-electron chi connectivity index (χ4n) is 2.37. The molecule has 0 aliphatic carbocycles. The molecule has 3 rings (SSSR count). The summed E-state index contributed by atoms with van der Waals surface area (Å²) in [6.07, 6.45) is 1.06. The van der Waals surface area contributed by atoms with Crippen molar-refractivity contribution in [3.05, 3.63) is 29.6 Å². The van der Waals surface area contributed by atoms with E-state index in [1.165, 1.54) is 6.07 Å². The summed E-state index contributed by atoms with van der Waals surface area (Å²) in [7, 11) is 0. The van der Waals surface area contributed by atoms with E-state index in [-0.39, 0.29) is 5.82 Å². The molecule has 1 aromatic carbocycles. The van der Waals surface area contributed by atoms with E-state index in [9.17, 15) is 4.39 Å². The van der Waals surface area contributed by atoms with Crippen LogP contribution in [-0.2, 0) is 0 Å². The monoisotopic (exact) mass is 275 g/mol. The van der Waals surface area contributed by atoms with Crippen LogP contribution < -0.4 is 10.2 Å². The molecule has 0 radical (unpaired) electrons. The molecule has 1 aliphatic rings. The van der Waals surface area contributed by atoms with E-state index in [1.807, 2.05) is 13.0 Å². The first-order valence-electron chi connectivity index (χ1n) is 6.88. The van der Waals surface area contributed by atoms with Crippen molar-refractivity contribution in [2.24, 2.45) is 0 Å². The first-order valence-corrected chi connectivity index (χ1v) is 6.88. The number of H-pyrrole nitrogens is 1. The second kappa shape index (κ2) is 5.58. The van der Waals surface area contributed by atoms with Gasteiger partial charge < -0.3 is 10.2 Å². The van der Waals surface area contributed by atoms with Crippen LogP contribution in [0.1, 0.15) is 12.0 Å². The number of aromatic amines is 1. The largest absolute Gasteiger partial charge is 0.338 e. The van der Waals surface area contributed by atoms with Crippen LogP contribution in [0.3, 0.4) is 0 Å². The van der Waals surface area contributed by atoms with Gasteiger partial charge in [0.15, 0.2) is 5.82 Å². The SMILES string of the molecule is Cc1ccc(-c2nc(N3CCCNCC3)n[nH]2)c(F)c1. The highest BCUT2D eigenvalue weighted by Gasteiger charge is 2.16. The molecule has 2 N–H and O–H groups in total. The Balaban J connectivity index is 1.85. The molecular formula is C14H18FN5. The first kappa shape index (κ1) is 13.1. The summed E-state index contributed by atoms with van der Waals surface area (Å²) in [4.78, 5) is 6.54. The number of benzene rings is 1. The number of nitrogens with zero attached hydrogens (tertiary/aromatic N) is 3. The van der Waals surface area contributed by atoms with Crippen LogP contribution in [0.4, 0.5) is 10.3 Å². The average Bonchev–Trinajstić information content (AvgIpc) is 2.74. The number of aryl methyl sites for hydroxylation is 1. The smallest absolute Gasteiger partial charge is 0.245 e. The zero-order valence-corrected chi connectivity index (χ0v) is 11.5. The van der Waals surface area contributed by atoms with Crippen molar-refractivity contribution < 1.29 is 4.39 Å². The standard InChI is InChI=1S/C14H18FN5/c1-10-3-4-11(12(15)9-10)13-17-14(19-18-13)20-7-2-5-16-6-8-20/h3-4,9,16H,2,5-8H2,1H3,(H,17,18,19). The van der Waals surface area contributed by atoms with Crippen molar-refractivity contribution in [1.29, 1.82) is 0 Å². The van der Waals surface area contributed by atoms with Crippen molar-refractivity contribution in [1.82, 2.24) is 20.5 Å². The van der Waals surface area contributed by atoms with Gasteiger partial charge in [-0.3, -0.25) is 5.10 Å². The number of rotatable bonds is 2. The quantitative estimate of drug-likeness (QED) is 0.876. The van der Waals surface area contributed by atoms with Gasteiger partial charge in [0.05, 0.1) is 5.56 Å². The summed E-state index contributed by atoms with van der Waals surface area (Å²) in [6.45, 7) is 5.58. The summed E-state index contributed by atoms with van der Waals surface area (Å²) in [5, 5.41) is 10.4. The number of halogens is 1. The highest BCUT2D eigenvalue weighted by atomic mass is 19.1. The maximum absolute atomic E-state index is 13.9. The Bertz CT molecular complexity index is 587. The summed E-state index contributed by atoms with van der Waals surface area (Å²) >= 11 is 0. The van der Waals surface area contributed by atoms with Gasteiger partial charge in [0.2, 0.25) is 5.95 Å². The van der Waals surface area contributed by atoms with E-state index in [1.54, 1.807) is 6.07 Å². The summed E-state index contributed by atoms with van der Waals surface area (Å²) in [5.74, 6) is 0.851. The van der Waals surface area contributed by atoms with Crippen molar-refractivity contribution in [2.45, 2.75) is 13.3 Å². The number of aromatic nitrogens is 3. The van der Waals surface area contributed by atoms with Crippen LogP contribution in [0.15, 0.2) is 18.2 Å². The normalized spacial score (nSPS) is 16.2. The third kappa shape index (κ3) is 2.65. The zero-order chi connectivity index (χ0) is 13.9. The molecule has 0 amide bonds. The van der Waals surface area contributed by atoms with Crippen molar-refractivity contribution >= 4 is 5.95 Å². The van der Waals surface area contributed by atoms with E-state index in [2.05, 4.69) is 25.4 Å². The molecule has 106 valence electrons. The zero-order valence-electron chi connectivity index (χ0n) is 11.5. The predicted molar refractivity (Wildman–Crippen MR) is 76.2 cm³/mol. The molecule has 20 heavy (non-hydrogen) atoms. The Labute approximate surface area is 117 Å². The number of hydrogen-bond donors (Lipinski definition) is 2. The van der Waals surface area contributed by atoms with Gasteiger partial charge in [-0.15, -0.1) is 5.10 Å². The maximum atomic E-state index is 13.9. The van der Waals surface area contributed by atoms with Crippen molar-refractivity contribution in [3.63, 3.8) is 0 Å². The molecule has 6 heteroatoms. The van der Waals surface area contributed by atoms with E-state index >= 15 is 0 Å². The maximum Gasteiger partial charge on any atom is 0.245 e. The molecule has 0 unspecified atom stereocenters. The van der Waals surface area contributed by atoms with Gasteiger partial charge in [-0.05, 0) is 37.6 Å². The van der Waals surface area contributed by atoms with Crippen LogP contribution in [-0.4, -0.2) is 41.4 Å². The lowest BCUT2D eigenvalue weighted by molar-refractivity contribution is 0.629. The van der Waals surface area contributed by atoms with Gasteiger partial charge in [0, 0.05) is 19.6 Å². The number of nitrogens with one attached hydrogen (secondary N) is 2. The summed E-state index contributed by atoms with van der Waals surface area (Å²) in [6, 6.07) is 5.11. The fraction of sp³-hybridized carbons (Fsp3) is 0.429. The third-order valence-corrected chi connectivity index (χ3v) is 3.48. The van der Waals surface area contributed by atoms with Crippen LogP contribution >= 0.6 is 0 Å². The highest BCUT2D eigenvalue weighted by molar-refractivity contribution is 5.57. The highest BCUT2D eigenvalue weighted by Crippen LogP contribution is 2.22. The van der Waals surface area contributed by atoms with Gasteiger partial charge in [0.1, 0.15) is 5.82 Å². The Hall–Kier alpha value is -1.95. The Morgan fingerprint density at radius 3 is 3.00 bits per heavy atom. The van der Waals surface area contributed by atoms with Gasteiger partial charge >= 0.3 is 0 Å². The molecule has 5 nitrogen and oxygen atoms in total. The molecule has 0 spiro atoms. The van der Waals surface area contributed by atoms with Gasteiger partial charge in [-0.1, -0.05) is 6.07 Å². The molecule has 0 saturated carbocycles. The fourth-order valence-corrected chi connectivity index (χ4v) is 2.37. The minimum atomic E-state index is -0.273. The van der Waals surface area contributed by atoms with Gasteiger partial charge in [0.25, 0.3) is 0 Å². The minimum Gasteiger partial charge on any atom is -0.338 e. The van der Waals surface area contributed by atoms with Crippen molar-refractivity contribution in [3.8, 4) is 11.4 Å². The van der Waals surface area contributed by atoms with Crippen LogP contribution in [0.5, 0.6) is 0 Å². The molecule has 0 atom stereocenters. The lowest BCUT2D eigenvalue weighted by Crippen LogP contribution is -2.28. The van der Waals surface area contributed by atoms with Crippen LogP contribution in [0.25, 0.3) is 11.4 Å². The van der Waals surface area contributed by atoms with Crippen LogP contribution in [0, 0.1) is 12.7 Å². The Kier molecular flexibility index (Phi) is 3.64. The Morgan fingerprint density at radius 1 is 1.25 bits per heavy atom. The summed E-state index contributed by atoms with van der Waals surface area (Å²) < 4.78 is 13.9. The minimum absolute atomic E-state index is 0.273. The number of hydrogen-bond acceptors (Lipinski definition) is 4. The molecule has 1 fully saturated rings. The second-order valence-corrected chi connectivity index (χ2v) is 5.06. The Morgan fingerprint density at radius 2 is 2.15 bits per heavy atom. The first-order chi connectivity index (χ1) is 9.74. The molecule has 2 heterocycles. The van der Waals surface area contributed by atoms with Gasteiger partial charge in [-0.2, -0.15) is 4.98 Å². The van der Waals surface area contributed by atoms with E-state index in [0.717, 1.165) is 38.2 Å². The number of anilines is 1. The second-order valence-electron chi connectivity index (χ2n) is 5.06. The topological polar surface area (TPSA) is 56.8 Å². The molecule has 1 saturated heterocycles. The average molecular weight is 275 g/mol.